The second-order valence-corrected chi connectivity index (χ2v) is 3.78. The van der Waals surface area contributed by atoms with Gasteiger partial charge in [-0.2, -0.15) is 0 Å². The zero-order valence-electron chi connectivity index (χ0n) is 9.38. The van der Waals surface area contributed by atoms with E-state index in [1.165, 1.54) is 23.2 Å². The van der Waals surface area contributed by atoms with Crippen LogP contribution in [0.1, 0.15) is 31.4 Å². The van der Waals surface area contributed by atoms with E-state index in [9.17, 15) is 0 Å². The van der Waals surface area contributed by atoms with Gasteiger partial charge in [0.05, 0.1) is 5.69 Å². The Labute approximate surface area is 86.7 Å². The van der Waals surface area contributed by atoms with Crippen LogP contribution < -0.4 is 10.9 Å². The molecule has 0 spiro atoms. The Kier molecular flexibility index (Phi) is 3.96. The van der Waals surface area contributed by atoms with E-state index in [0.717, 1.165) is 13.0 Å². The Balaban J connectivity index is 0.000000293. The SMILES string of the molecule is CCC.Cc1ccc2c(c1)N(N)CC2. The number of rotatable bonds is 0. The van der Waals surface area contributed by atoms with E-state index in [2.05, 4.69) is 39.0 Å². The van der Waals surface area contributed by atoms with Gasteiger partial charge in [-0.25, -0.2) is 5.84 Å². The highest BCUT2D eigenvalue weighted by molar-refractivity contribution is 5.58. The summed E-state index contributed by atoms with van der Waals surface area (Å²) in [4.78, 5) is 0. The predicted molar refractivity (Wildman–Crippen MR) is 62.4 cm³/mol. The number of aryl methyl sites for hydroxylation is 1. The third-order valence-corrected chi connectivity index (χ3v) is 2.17. The van der Waals surface area contributed by atoms with Gasteiger partial charge in [0, 0.05) is 6.54 Å². The summed E-state index contributed by atoms with van der Waals surface area (Å²) < 4.78 is 0. The fourth-order valence-corrected chi connectivity index (χ4v) is 1.51. The molecule has 14 heavy (non-hydrogen) atoms. The summed E-state index contributed by atoms with van der Waals surface area (Å²) in [7, 11) is 0. The minimum Gasteiger partial charge on any atom is -0.310 e. The number of anilines is 1. The quantitative estimate of drug-likeness (QED) is 0.640. The molecule has 0 unspecified atom stereocenters. The highest BCUT2D eigenvalue weighted by atomic mass is 15.4. The van der Waals surface area contributed by atoms with Crippen LogP contribution in [0.2, 0.25) is 0 Å². The number of nitrogens with two attached hydrogens (primary N) is 1. The van der Waals surface area contributed by atoms with Crippen LogP contribution in [0.25, 0.3) is 0 Å². The zero-order chi connectivity index (χ0) is 10.6. The molecule has 0 radical (unpaired) electrons. The number of hydrogen-bond donors (Lipinski definition) is 1. The summed E-state index contributed by atoms with van der Waals surface area (Å²) in [6, 6.07) is 6.44. The van der Waals surface area contributed by atoms with Crippen LogP contribution in [-0.4, -0.2) is 6.54 Å². The van der Waals surface area contributed by atoms with Gasteiger partial charge in [0.15, 0.2) is 0 Å². The van der Waals surface area contributed by atoms with Crippen molar-refractivity contribution in [3.63, 3.8) is 0 Å². The van der Waals surface area contributed by atoms with Crippen molar-refractivity contribution in [3.8, 4) is 0 Å². The largest absolute Gasteiger partial charge is 0.310 e. The zero-order valence-corrected chi connectivity index (χ0v) is 9.38. The summed E-state index contributed by atoms with van der Waals surface area (Å²) in [5.41, 5.74) is 3.85. The van der Waals surface area contributed by atoms with Gasteiger partial charge in [0.2, 0.25) is 0 Å². The Bertz CT molecular complexity index is 294. The monoisotopic (exact) mass is 192 g/mol. The van der Waals surface area contributed by atoms with Crippen molar-refractivity contribution in [2.75, 3.05) is 11.6 Å². The fraction of sp³-hybridized carbons (Fsp3) is 0.500. The molecule has 1 heterocycles. The van der Waals surface area contributed by atoms with Crippen LogP contribution in [0.4, 0.5) is 5.69 Å². The molecule has 0 saturated carbocycles. The van der Waals surface area contributed by atoms with Crippen molar-refractivity contribution in [2.45, 2.75) is 33.6 Å². The van der Waals surface area contributed by atoms with Crippen molar-refractivity contribution < 1.29 is 0 Å². The maximum absolute atomic E-state index is 5.75. The average molecular weight is 192 g/mol. The molecule has 78 valence electrons. The second-order valence-electron chi connectivity index (χ2n) is 3.78. The van der Waals surface area contributed by atoms with Gasteiger partial charge in [0.1, 0.15) is 0 Å². The van der Waals surface area contributed by atoms with Gasteiger partial charge < -0.3 is 5.01 Å². The molecule has 1 aromatic carbocycles. The Hall–Kier alpha value is -1.02. The Morgan fingerprint density at radius 1 is 1.36 bits per heavy atom. The summed E-state index contributed by atoms with van der Waals surface area (Å²) in [5, 5.41) is 1.82. The number of benzene rings is 1. The molecule has 1 aliphatic rings. The van der Waals surface area contributed by atoms with Crippen molar-refractivity contribution in [3.05, 3.63) is 29.3 Å². The van der Waals surface area contributed by atoms with Gasteiger partial charge in [-0.15, -0.1) is 0 Å². The lowest BCUT2D eigenvalue weighted by atomic mass is 10.1. The molecule has 0 fully saturated rings. The van der Waals surface area contributed by atoms with E-state index in [1.807, 2.05) is 5.01 Å². The van der Waals surface area contributed by atoms with E-state index in [0.29, 0.717) is 0 Å². The molecule has 0 amide bonds. The smallest absolute Gasteiger partial charge is 0.0552 e. The molecule has 0 bridgehead atoms. The van der Waals surface area contributed by atoms with Crippen molar-refractivity contribution >= 4 is 5.69 Å². The van der Waals surface area contributed by atoms with Crippen LogP contribution >= 0.6 is 0 Å². The maximum atomic E-state index is 5.75. The van der Waals surface area contributed by atoms with Gasteiger partial charge in [0.25, 0.3) is 0 Å². The molecular formula is C12H20N2. The van der Waals surface area contributed by atoms with Crippen LogP contribution in [0, 0.1) is 6.92 Å². The molecule has 0 atom stereocenters. The van der Waals surface area contributed by atoms with E-state index < -0.39 is 0 Å². The van der Waals surface area contributed by atoms with Gasteiger partial charge in [-0.1, -0.05) is 32.4 Å². The van der Waals surface area contributed by atoms with Crippen molar-refractivity contribution in [1.29, 1.82) is 0 Å². The van der Waals surface area contributed by atoms with Gasteiger partial charge in [-0.3, -0.25) is 0 Å². The summed E-state index contributed by atoms with van der Waals surface area (Å²) in [6.07, 6.45) is 2.34. The highest BCUT2D eigenvalue weighted by Gasteiger charge is 2.14. The predicted octanol–water partition coefficient (Wildman–Crippen LogP) is 2.65. The topological polar surface area (TPSA) is 29.3 Å². The molecule has 0 aliphatic carbocycles. The lowest BCUT2D eigenvalue weighted by Crippen LogP contribution is -2.28. The third kappa shape index (κ3) is 2.48. The minimum absolute atomic E-state index is 0.957. The second kappa shape index (κ2) is 5.01. The van der Waals surface area contributed by atoms with E-state index >= 15 is 0 Å². The molecule has 1 aromatic rings. The first kappa shape index (κ1) is 11.1. The molecule has 0 aromatic heterocycles. The lowest BCUT2D eigenvalue weighted by molar-refractivity contribution is 0.891. The first-order chi connectivity index (χ1) is 6.69. The van der Waals surface area contributed by atoms with Crippen LogP contribution in [0.5, 0.6) is 0 Å². The molecule has 2 rings (SSSR count). The van der Waals surface area contributed by atoms with Crippen LogP contribution in [-0.2, 0) is 6.42 Å². The first-order valence-corrected chi connectivity index (χ1v) is 5.30. The standard InChI is InChI=1S/C9H12N2.C3H8/c1-7-2-3-8-4-5-11(10)9(8)6-7;1-3-2/h2-3,6H,4-5,10H2,1H3;3H2,1-2H3. The number of hydrogen-bond acceptors (Lipinski definition) is 2. The maximum Gasteiger partial charge on any atom is 0.0552 e. The average Bonchev–Trinajstić information content (AvgIpc) is 2.49. The lowest BCUT2D eigenvalue weighted by Gasteiger charge is -2.11. The number of fused-ring (bicyclic) bond motifs is 1. The summed E-state index contributed by atoms with van der Waals surface area (Å²) >= 11 is 0. The summed E-state index contributed by atoms with van der Waals surface area (Å²) in [6.45, 7) is 7.30. The van der Waals surface area contributed by atoms with E-state index in [1.54, 1.807) is 0 Å². The third-order valence-electron chi connectivity index (χ3n) is 2.17. The van der Waals surface area contributed by atoms with Crippen LogP contribution in [0.15, 0.2) is 18.2 Å². The number of nitrogens with zero attached hydrogens (tertiary/aromatic N) is 1. The normalized spacial score (nSPS) is 13.3. The molecule has 1 aliphatic heterocycles. The Morgan fingerprint density at radius 2 is 2.00 bits per heavy atom. The minimum atomic E-state index is 0.957. The van der Waals surface area contributed by atoms with Crippen molar-refractivity contribution in [1.82, 2.24) is 0 Å². The molecule has 2 heteroatoms. The Morgan fingerprint density at radius 3 is 2.64 bits per heavy atom. The summed E-state index contributed by atoms with van der Waals surface area (Å²) in [5.74, 6) is 5.75. The molecule has 2 nitrogen and oxygen atoms in total. The van der Waals surface area contributed by atoms with Gasteiger partial charge in [-0.05, 0) is 30.5 Å². The van der Waals surface area contributed by atoms with E-state index in [4.69, 9.17) is 5.84 Å². The molecule has 2 N–H and O–H groups in total. The molecule has 0 saturated heterocycles. The highest BCUT2D eigenvalue weighted by Crippen LogP contribution is 2.25. The first-order valence-electron chi connectivity index (χ1n) is 5.30. The number of hydrazine groups is 1. The van der Waals surface area contributed by atoms with Crippen molar-refractivity contribution in [2.24, 2.45) is 5.84 Å². The molecular weight excluding hydrogens is 172 g/mol. The van der Waals surface area contributed by atoms with Gasteiger partial charge >= 0.3 is 0 Å². The van der Waals surface area contributed by atoms with E-state index in [-0.39, 0.29) is 0 Å². The fourth-order valence-electron chi connectivity index (χ4n) is 1.51. The van der Waals surface area contributed by atoms with Crippen LogP contribution in [0.3, 0.4) is 0 Å².